The van der Waals surface area contributed by atoms with Gasteiger partial charge in [0.2, 0.25) is 0 Å². The van der Waals surface area contributed by atoms with Crippen molar-refractivity contribution in [3.8, 4) is 11.5 Å². The zero-order valence-corrected chi connectivity index (χ0v) is 20.5. The van der Waals surface area contributed by atoms with E-state index in [1.54, 1.807) is 37.4 Å². The normalized spacial score (nSPS) is 10.4. The molecular formula is C22H26BrN3O5S. The highest BCUT2D eigenvalue weighted by Crippen LogP contribution is 2.28. The molecular weight excluding hydrogens is 498 g/mol. The average molecular weight is 524 g/mol. The van der Waals surface area contributed by atoms with Gasteiger partial charge in [-0.1, -0.05) is 19.9 Å². The van der Waals surface area contributed by atoms with Crippen molar-refractivity contribution in [2.45, 2.75) is 19.8 Å². The second kappa shape index (κ2) is 13.0. The number of carbonyl (C=O) groups is 2. The smallest absolute Gasteiger partial charge is 0.276 e. The third-order valence-electron chi connectivity index (χ3n) is 4.20. The second-order valence-electron chi connectivity index (χ2n) is 6.96. The summed E-state index contributed by atoms with van der Waals surface area (Å²) in [6.45, 7) is 4.85. The quantitative estimate of drug-likeness (QED) is 0.263. The lowest BCUT2D eigenvalue weighted by Gasteiger charge is -2.13. The van der Waals surface area contributed by atoms with Gasteiger partial charge in [0.25, 0.3) is 11.8 Å². The Bertz CT molecular complexity index is 938. The number of rotatable bonds is 9. The fourth-order valence-corrected chi connectivity index (χ4v) is 3.11. The van der Waals surface area contributed by atoms with E-state index >= 15 is 0 Å². The van der Waals surface area contributed by atoms with Gasteiger partial charge in [-0.2, -0.15) is 0 Å². The van der Waals surface area contributed by atoms with Gasteiger partial charge in [-0.15, -0.1) is 0 Å². The first-order valence-corrected chi connectivity index (χ1v) is 11.0. The molecule has 0 saturated heterocycles. The largest absolute Gasteiger partial charge is 0.491 e. The van der Waals surface area contributed by atoms with Crippen molar-refractivity contribution >= 4 is 45.1 Å². The van der Waals surface area contributed by atoms with Gasteiger partial charge in [-0.05, 0) is 76.0 Å². The predicted octanol–water partition coefficient (Wildman–Crippen LogP) is 3.31. The molecule has 0 aliphatic carbocycles. The van der Waals surface area contributed by atoms with Crippen molar-refractivity contribution in [1.82, 2.24) is 16.2 Å². The maximum absolute atomic E-state index is 12.3. The Balaban J connectivity index is 1.74. The summed E-state index contributed by atoms with van der Waals surface area (Å²) < 4.78 is 16.6. The van der Waals surface area contributed by atoms with Gasteiger partial charge < -0.3 is 14.2 Å². The number of hydrazine groups is 1. The standard InChI is InChI=1S/C22H26BrN3O5S/c1-14(2)16-6-9-19(18(23)12-16)31-13-20(27)25-26-22(32)24-21(28)15-4-7-17(8-5-15)30-11-10-29-3/h4-9,12,14H,10-11,13H2,1-3H3,(H,25,27)(H2,24,26,28,32). The molecule has 0 radical (unpaired) electrons. The number of halogens is 1. The molecule has 0 heterocycles. The van der Waals surface area contributed by atoms with Crippen LogP contribution < -0.4 is 25.6 Å². The molecule has 0 atom stereocenters. The molecule has 32 heavy (non-hydrogen) atoms. The highest BCUT2D eigenvalue weighted by atomic mass is 79.9. The molecule has 0 aliphatic heterocycles. The van der Waals surface area contributed by atoms with Crippen LogP contribution >= 0.6 is 28.1 Å². The number of ether oxygens (including phenoxy) is 3. The summed E-state index contributed by atoms with van der Waals surface area (Å²) in [5.41, 5.74) is 6.40. The van der Waals surface area contributed by atoms with E-state index in [1.807, 2.05) is 12.1 Å². The highest BCUT2D eigenvalue weighted by Gasteiger charge is 2.11. The number of hydrogen-bond donors (Lipinski definition) is 3. The van der Waals surface area contributed by atoms with Crippen LogP contribution in [-0.4, -0.2) is 43.9 Å². The van der Waals surface area contributed by atoms with Crippen LogP contribution in [0.3, 0.4) is 0 Å². The SMILES string of the molecule is COCCOc1ccc(C(=O)NC(=S)NNC(=O)COc2ccc(C(C)C)cc2Br)cc1. The molecule has 2 rings (SSSR count). The first-order chi connectivity index (χ1) is 15.3. The Morgan fingerprint density at radius 3 is 2.38 bits per heavy atom. The molecule has 0 aromatic heterocycles. The molecule has 8 nitrogen and oxygen atoms in total. The summed E-state index contributed by atoms with van der Waals surface area (Å²) in [6, 6.07) is 12.3. The molecule has 0 bridgehead atoms. The fourth-order valence-electron chi connectivity index (χ4n) is 2.45. The zero-order valence-electron chi connectivity index (χ0n) is 18.1. The Hall–Kier alpha value is -2.69. The number of carbonyl (C=O) groups excluding carboxylic acids is 2. The van der Waals surface area contributed by atoms with E-state index < -0.39 is 11.8 Å². The zero-order chi connectivity index (χ0) is 23.5. The first-order valence-electron chi connectivity index (χ1n) is 9.84. The molecule has 2 aromatic rings. The Morgan fingerprint density at radius 1 is 1.03 bits per heavy atom. The van der Waals surface area contributed by atoms with Crippen molar-refractivity contribution in [2.24, 2.45) is 0 Å². The number of nitrogens with one attached hydrogen (secondary N) is 3. The highest BCUT2D eigenvalue weighted by molar-refractivity contribution is 9.10. The minimum absolute atomic E-state index is 0.0498. The third-order valence-corrected chi connectivity index (χ3v) is 5.02. The number of amides is 2. The summed E-state index contributed by atoms with van der Waals surface area (Å²) in [5.74, 6) is 0.674. The van der Waals surface area contributed by atoms with Gasteiger partial charge in [0.05, 0.1) is 11.1 Å². The first kappa shape index (κ1) is 25.6. The molecule has 172 valence electrons. The molecule has 3 N–H and O–H groups in total. The molecule has 0 spiro atoms. The van der Waals surface area contributed by atoms with Gasteiger partial charge in [0.15, 0.2) is 11.7 Å². The number of methoxy groups -OCH3 is 1. The van der Waals surface area contributed by atoms with Crippen LogP contribution in [0.2, 0.25) is 0 Å². The minimum Gasteiger partial charge on any atom is -0.491 e. The van der Waals surface area contributed by atoms with Gasteiger partial charge >= 0.3 is 0 Å². The van der Waals surface area contributed by atoms with Crippen LogP contribution in [0, 0.1) is 0 Å². The predicted molar refractivity (Wildman–Crippen MR) is 129 cm³/mol. The van der Waals surface area contributed by atoms with Crippen LogP contribution in [0.15, 0.2) is 46.9 Å². The van der Waals surface area contributed by atoms with Crippen LogP contribution in [0.5, 0.6) is 11.5 Å². The summed E-state index contributed by atoms with van der Waals surface area (Å²) in [6.07, 6.45) is 0. The van der Waals surface area contributed by atoms with Crippen LogP contribution in [-0.2, 0) is 9.53 Å². The summed E-state index contributed by atoms with van der Waals surface area (Å²) in [4.78, 5) is 24.3. The molecule has 0 saturated carbocycles. The maximum Gasteiger partial charge on any atom is 0.276 e. The van der Waals surface area contributed by atoms with Gasteiger partial charge in [0.1, 0.15) is 18.1 Å². The monoisotopic (exact) mass is 523 g/mol. The Morgan fingerprint density at radius 2 is 1.75 bits per heavy atom. The van der Waals surface area contributed by atoms with E-state index in [0.29, 0.717) is 36.2 Å². The summed E-state index contributed by atoms with van der Waals surface area (Å²) in [7, 11) is 1.59. The van der Waals surface area contributed by atoms with E-state index in [4.69, 9.17) is 26.4 Å². The lowest BCUT2D eigenvalue weighted by atomic mass is 10.0. The molecule has 10 heteroatoms. The van der Waals surface area contributed by atoms with Crippen molar-refractivity contribution in [3.63, 3.8) is 0 Å². The minimum atomic E-state index is -0.459. The molecule has 2 aromatic carbocycles. The molecule has 2 amide bonds. The average Bonchev–Trinajstić information content (AvgIpc) is 2.77. The lowest BCUT2D eigenvalue weighted by molar-refractivity contribution is -0.123. The van der Waals surface area contributed by atoms with E-state index in [-0.39, 0.29) is 11.7 Å². The van der Waals surface area contributed by atoms with Crippen LogP contribution in [0.25, 0.3) is 0 Å². The number of hydrogen-bond acceptors (Lipinski definition) is 6. The van der Waals surface area contributed by atoms with Gasteiger partial charge in [-0.25, -0.2) is 0 Å². The lowest BCUT2D eigenvalue weighted by Crippen LogP contribution is -2.49. The van der Waals surface area contributed by atoms with E-state index in [2.05, 4.69) is 45.9 Å². The van der Waals surface area contributed by atoms with Crippen molar-refractivity contribution in [3.05, 3.63) is 58.1 Å². The van der Waals surface area contributed by atoms with Gasteiger partial charge in [-0.3, -0.25) is 25.8 Å². The summed E-state index contributed by atoms with van der Waals surface area (Å²) >= 11 is 8.48. The molecule has 0 fully saturated rings. The van der Waals surface area contributed by atoms with E-state index in [9.17, 15) is 9.59 Å². The number of thiocarbonyl (C=S) groups is 1. The third kappa shape index (κ3) is 8.45. The fraction of sp³-hybridized carbons (Fsp3) is 0.318. The van der Waals surface area contributed by atoms with Gasteiger partial charge in [0, 0.05) is 12.7 Å². The van der Waals surface area contributed by atoms with Crippen LogP contribution in [0.4, 0.5) is 0 Å². The maximum atomic E-state index is 12.3. The summed E-state index contributed by atoms with van der Waals surface area (Å²) in [5, 5.41) is 2.43. The van der Waals surface area contributed by atoms with Crippen molar-refractivity contribution in [1.29, 1.82) is 0 Å². The Labute approximate surface area is 201 Å². The number of benzene rings is 2. The van der Waals surface area contributed by atoms with Crippen LogP contribution in [0.1, 0.15) is 35.7 Å². The second-order valence-corrected chi connectivity index (χ2v) is 8.22. The topological polar surface area (TPSA) is 97.9 Å². The van der Waals surface area contributed by atoms with Crippen molar-refractivity contribution in [2.75, 3.05) is 26.9 Å². The molecule has 0 unspecified atom stereocenters. The van der Waals surface area contributed by atoms with E-state index in [0.717, 1.165) is 10.0 Å². The van der Waals surface area contributed by atoms with E-state index in [1.165, 1.54) is 0 Å². The molecule has 0 aliphatic rings. The Kier molecular flexibility index (Phi) is 10.4. The van der Waals surface area contributed by atoms with Crippen molar-refractivity contribution < 1.29 is 23.8 Å².